The number of likely N-dealkylation sites (tertiary alicyclic amines) is 1. The van der Waals surface area contributed by atoms with E-state index in [2.05, 4.69) is 39.2 Å². The lowest BCUT2D eigenvalue weighted by Crippen LogP contribution is -2.43. The van der Waals surface area contributed by atoms with Crippen LogP contribution in [-0.4, -0.2) is 61.9 Å². The highest BCUT2D eigenvalue weighted by Crippen LogP contribution is 2.19. The van der Waals surface area contributed by atoms with E-state index in [4.69, 9.17) is 0 Å². The fraction of sp³-hybridized carbons (Fsp3) is 0.474. The topological polar surface area (TPSA) is 41.6 Å². The number of nitrogens with zero attached hydrogens (tertiary/aromatic N) is 6. The van der Waals surface area contributed by atoms with Crippen molar-refractivity contribution in [3.8, 4) is 0 Å². The number of aromatic nitrogens is 4. The summed E-state index contributed by atoms with van der Waals surface area (Å²) in [5.74, 6) is 0. The van der Waals surface area contributed by atoms with Crippen LogP contribution >= 0.6 is 0 Å². The van der Waals surface area contributed by atoms with Gasteiger partial charge in [0.25, 0.3) is 0 Å². The van der Waals surface area contributed by atoms with Gasteiger partial charge in [-0.1, -0.05) is 6.07 Å². The van der Waals surface area contributed by atoms with E-state index >= 15 is 0 Å². The molecular formula is C19H26N6. The number of fused-ring (bicyclic) bond motifs is 1. The molecule has 6 heteroatoms. The quantitative estimate of drug-likeness (QED) is 0.690. The Labute approximate surface area is 148 Å². The van der Waals surface area contributed by atoms with Crippen LogP contribution in [0.25, 0.3) is 5.52 Å². The van der Waals surface area contributed by atoms with Gasteiger partial charge < -0.3 is 4.90 Å². The van der Waals surface area contributed by atoms with Gasteiger partial charge in [-0.25, -0.2) is 4.52 Å². The van der Waals surface area contributed by atoms with Gasteiger partial charge in [0.1, 0.15) is 0 Å². The number of piperidine rings is 1. The fourth-order valence-corrected chi connectivity index (χ4v) is 3.77. The summed E-state index contributed by atoms with van der Waals surface area (Å²) in [7, 11) is 2.25. The molecule has 0 aliphatic carbocycles. The third kappa shape index (κ3) is 3.75. The first kappa shape index (κ1) is 16.3. The Bertz CT molecular complexity index is 785. The van der Waals surface area contributed by atoms with Gasteiger partial charge in [0.15, 0.2) is 0 Å². The smallest absolute Gasteiger partial charge is 0.0706 e. The molecule has 25 heavy (non-hydrogen) atoms. The summed E-state index contributed by atoms with van der Waals surface area (Å²) in [6.45, 7) is 5.38. The molecule has 1 fully saturated rings. The molecule has 0 spiro atoms. The molecule has 1 aliphatic heterocycles. The van der Waals surface area contributed by atoms with Gasteiger partial charge in [-0.15, -0.1) is 0 Å². The summed E-state index contributed by atoms with van der Waals surface area (Å²) in [5, 5.41) is 8.74. The third-order valence-electron chi connectivity index (χ3n) is 5.31. The normalized spacial score (nSPS) is 16.9. The lowest BCUT2D eigenvalue weighted by molar-refractivity contribution is 0.120. The summed E-state index contributed by atoms with van der Waals surface area (Å²) in [6, 6.07) is 8.89. The minimum atomic E-state index is 0.652. The van der Waals surface area contributed by atoms with Gasteiger partial charge >= 0.3 is 0 Å². The molecule has 0 saturated carbocycles. The van der Waals surface area contributed by atoms with Crippen molar-refractivity contribution < 1.29 is 0 Å². The SMILES string of the molecule is CN(Cc1cnn2ccccc12)C1CCN(CCn2cccn2)CC1. The van der Waals surface area contributed by atoms with Crippen molar-refractivity contribution in [1.29, 1.82) is 0 Å². The van der Waals surface area contributed by atoms with Crippen LogP contribution in [0.5, 0.6) is 0 Å². The van der Waals surface area contributed by atoms with Crippen molar-refractivity contribution in [3.05, 3.63) is 54.6 Å². The van der Waals surface area contributed by atoms with Gasteiger partial charge in [0.05, 0.1) is 18.3 Å². The molecule has 4 heterocycles. The van der Waals surface area contributed by atoms with E-state index in [9.17, 15) is 0 Å². The van der Waals surface area contributed by atoms with Crippen LogP contribution in [0.2, 0.25) is 0 Å². The molecule has 3 aromatic rings. The maximum absolute atomic E-state index is 4.45. The van der Waals surface area contributed by atoms with Crippen LogP contribution in [0, 0.1) is 0 Å². The van der Waals surface area contributed by atoms with Crippen LogP contribution in [-0.2, 0) is 13.1 Å². The van der Waals surface area contributed by atoms with E-state index in [1.54, 1.807) is 0 Å². The summed E-state index contributed by atoms with van der Waals surface area (Å²) < 4.78 is 3.98. The Kier molecular flexibility index (Phi) is 4.81. The molecule has 0 N–H and O–H groups in total. The third-order valence-corrected chi connectivity index (χ3v) is 5.31. The first-order valence-corrected chi connectivity index (χ1v) is 9.11. The monoisotopic (exact) mass is 338 g/mol. The van der Waals surface area contributed by atoms with Gasteiger partial charge in [-0.3, -0.25) is 9.58 Å². The van der Waals surface area contributed by atoms with E-state index in [-0.39, 0.29) is 0 Å². The largest absolute Gasteiger partial charge is 0.301 e. The molecule has 6 nitrogen and oxygen atoms in total. The molecule has 0 radical (unpaired) electrons. The van der Waals surface area contributed by atoms with E-state index in [1.807, 2.05) is 46.1 Å². The molecule has 0 atom stereocenters. The number of pyridine rings is 1. The zero-order valence-electron chi connectivity index (χ0n) is 14.8. The second kappa shape index (κ2) is 7.37. The average Bonchev–Trinajstić information content (AvgIpc) is 3.31. The van der Waals surface area contributed by atoms with E-state index in [1.165, 1.54) is 37.0 Å². The van der Waals surface area contributed by atoms with Gasteiger partial charge in [-0.05, 0) is 51.2 Å². The predicted molar refractivity (Wildman–Crippen MR) is 98.3 cm³/mol. The molecule has 4 rings (SSSR count). The molecule has 132 valence electrons. The van der Waals surface area contributed by atoms with Crippen molar-refractivity contribution >= 4 is 5.52 Å². The Morgan fingerprint density at radius 3 is 2.76 bits per heavy atom. The van der Waals surface area contributed by atoms with E-state index in [0.29, 0.717) is 6.04 Å². The predicted octanol–water partition coefficient (Wildman–Crippen LogP) is 2.13. The Hall–Kier alpha value is -2.18. The average molecular weight is 338 g/mol. The highest BCUT2D eigenvalue weighted by Gasteiger charge is 2.23. The zero-order valence-corrected chi connectivity index (χ0v) is 14.8. The molecule has 0 amide bonds. The maximum atomic E-state index is 4.45. The van der Waals surface area contributed by atoms with Crippen molar-refractivity contribution in [3.63, 3.8) is 0 Å². The molecule has 0 bridgehead atoms. The molecule has 3 aromatic heterocycles. The number of rotatable bonds is 6. The first-order chi connectivity index (χ1) is 12.3. The minimum Gasteiger partial charge on any atom is -0.301 e. The van der Waals surface area contributed by atoms with E-state index in [0.717, 1.165) is 19.6 Å². The molecule has 0 unspecified atom stereocenters. The van der Waals surface area contributed by atoms with E-state index < -0.39 is 0 Å². The highest BCUT2D eigenvalue weighted by molar-refractivity contribution is 5.53. The van der Waals surface area contributed by atoms with Crippen molar-refractivity contribution in [1.82, 2.24) is 29.2 Å². The lowest BCUT2D eigenvalue weighted by atomic mass is 10.0. The van der Waals surface area contributed by atoms with Crippen LogP contribution in [0.3, 0.4) is 0 Å². The Balaban J connectivity index is 1.28. The van der Waals surface area contributed by atoms with Crippen LogP contribution in [0.15, 0.2) is 49.1 Å². The van der Waals surface area contributed by atoms with Crippen molar-refractivity contribution in [2.24, 2.45) is 0 Å². The minimum absolute atomic E-state index is 0.652. The molecule has 1 aliphatic rings. The summed E-state index contributed by atoms with van der Waals surface area (Å²) >= 11 is 0. The Morgan fingerprint density at radius 1 is 1.08 bits per heavy atom. The van der Waals surface area contributed by atoms with Crippen LogP contribution in [0.4, 0.5) is 0 Å². The summed E-state index contributed by atoms with van der Waals surface area (Å²) in [4.78, 5) is 5.05. The second-order valence-electron chi connectivity index (χ2n) is 6.96. The highest BCUT2D eigenvalue weighted by atomic mass is 15.3. The molecule has 1 saturated heterocycles. The Morgan fingerprint density at radius 2 is 1.96 bits per heavy atom. The zero-order chi connectivity index (χ0) is 17.1. The van der Waals surface area contributed by atoms with Crippen LogP contribution in [0.1, 0.15) is 18.4 Å². The van der Waals surface area contributed by atoms with Crippen molar-refractivity contribution in [2.75, 3.05) is 26.7 Å². The van der Waals surface area contributed by atoms with Crippen molar-refractivity contribution in [2.45, 2.75) is 32.0 Å². The maximum Gasteiger partial charge on any atom is 0.0706 e. The first-order valence-electron chi connectivity index (χ1n) is 9.11. The fourth-order valence-electron chi connectivity index (χ4n) is 3.77. The lowest BCUT2D eigenvalue weighted by Gasteiger charge is -2.36. The summed E-state index contributed by atoms with van der Waals surface area (Å²) in [6.07, 6.45) is 10.4. The van der Waals surface area contributed by atoms with Gasteiger partial charge in [0, 0.05) is 43.3 Å². The standard InChI is InChI=1S/C19H26N6/c1-22(16-17-15-21-25-10-3-2-5-19(17)25)18-6-11-23(12-7-18)13-14-24-9-4-8-20-24/h2-5,8-10,15,18H,6-7,11-14,16H2,1H3. The molecular weight excluding hydrogens is 312 g/mol. The van der Waals surface area contributed by atoms with Crippen LogP contribution < -0.4 is 0 Å². The number of hydrogen-bond acceptors (Lipinski definition) is 4. The second-order valence-corrected chi connectivity index (χ2v) is 6.96. The number of hydrogen-bond donors (Lipinski definition) is 0. The summed E-state index contributed by atoms with van der Waals surface area (Å²) in [5.41, 5.74) is 2.52. The van der Waals surface area contributed by atoms with Gasteiger partial charge in [0.2, 0.25) is 0 Å². The van der Waals surface area contributed by atoms with Gasteiger partial charge in [-0.2, -0.15) is 10.2 Å². The molecule has 0 aromatic carbocycles.